The Bertz CT molecular complexity index is 828. The fraction of sp³-hybridized carbons (Fsp3) is 0.450. The molecular formula is C20H27FN6O2. The lowest BCUT2D eigenvalue weighted by molar-refractivity contribution is -0.0410. The van der Waals surface area contributed by atoms with E-state index >= 15 is 0 Å². The normalized spacial score (nSPS) is 17.6. The van der Waals surface area contributed by atoms with E-state index in [-0.39, 0.29) is 12.8 Å². The predicted octanol–water partition coefficient (Wildman–Crippen LogP) is 2.58. The van der Waals surface area contributed by atoms with Crippen molar-refractivity contribution in [3.63, 3.8) is 0 Å². The van der Waals surface area contributed by atoms with E-state index in [1.54, 1.807) is 25.5 Å². The summed E-state index contributed by atoms with van der Waals surface area (Å²) >= 11 is 0. The number of ether oxygens (including phenoxy) is 2. The van der Waals surface area contributed by atoms with Gasteiger partial charge in [-0.2, -0.15) is 5.10 Å². The first-order valence-electron chi connectivity index (χ1n) is 9.68. The Kier molecular flexibility index (Phi) is 7.57. The zero-order chi connectivity index (χ0) is 20.5. The van der Waals surface area contributed by atoms with E-state index in [2.05, 4.69) is 15.3 Å². The van der Waals surface area contributed by atoms with Crippen molar-refractivity contribution in [3.05, 3.63) is 42.0 Å². The molecule has 9 heteroatoms. The number of halogens is 1. The molecule has 1 aliphatic heterocycles. The molecule has 1 atom stereocenters. The smallest absolute Gasteiger partial charge is 0.213 e. The molecule has 3 rings (SSSR count). The lowest BCUT2D eigenvalue weighted by Crippen LogP contribution is -2.24. The summed E-state index contributed by atoms with van der Waals surface area (Å²) in [6.45, 7) is 0.694. The van der Waals surface area contributed by atoms with Gasteiger partial charge in [-0.05, 0) is 31.4 Å². The van der Waals surface area contributed by atoms with Gasteiger partial charge < -0.3 is 20.5 Å². The third kappa shape index (κ3) is 5.54. The lowest BCUT2D eigenvalue weighted by Gasteiger charge is -2.24. The van der Waals surface area contributed by atoms with Crippen LogP contribution in [0.4, 0.5) is 4.39 Å². The second-order valence-electron chi connectivity index (χ2n) is 6.57. The molecule has 2 aromatic heterocycles. The summed E-state index contributed by atoms with van der Waals surface area (Å²) < 4.78 is 25.3. The lowest BCUT2D eigenvalue weighted by atomic mass is 10.2. The number of nitrogens with one attached hydrogen (secondary N) is 1. The Balaban J connectivity index is 1.83. The van der Waals surface area contributed by atoms with Crippen LogP contribution in [0.1, 0.15) is 31.2 Å². The van der Waals surface area contributed by atoms with E-state index in [0.29, 0.717) is 12.4 Å². The molecule has 0 aromatic carbocycles. The van der Waals surface area contributed by atoms with Crippen LogP contribution in [0.25, 0.3) is 11.3 Å². The number of hydrogen-bond donors (Lipinski definition) is 2. The summed E-state index contributed by atoms with van der Waals surface area (Å²) in [4.78, 5) is 8.21. The van der Waals surface area contributed by atoms with E-state index in [0.717, 1.165) is 48.5 Å². The molecule has 0 bridgehead atoms. The van der Waals surface area contributed by atoms with Gasteiger partial charge in [0, 0.05) is 43.9 Å². The highest BCUT2D eigenvalue weighted by Gasteiger charge is 2.21. The monoisotopic (exact) mass is 402 g/mol. The van der Waals surface area contributed by atoms with E-state index in [1.807, 2.05) is 16.8 Å². The minimum Gasteiger partial charge on any atom is -0.475 e. The van der Waals surface area contributed by atoms with Gasteiger partial charge in [-0.1, -0.05) is 0 Å². The maximum atomic E-state index is 12.2. The van der Waals surface area contributed by atoms with E-state index in [4.69, 9.17) is 20.3 Å². The maximum Gasteiger partial charge on any atom is 0.213 e. The largest absolute Gasteiger partial charge is 0.475 e. The average Bonchev–Trinajstić information content (AvgIpc) is 3.20. The molecule has 0 radical (unpaired) electrons. The Morgan fingerprint density at radius 3 is 3.03 bits per heavy atom. The van der Waals surface area contributed by atoms with Gasteiger partial charge in [0.25, 0.3) is 0 Å². The van der Waals surface area contributed by atoms with Crippen molar-refractivity contribution in [1.29, 1.82) is 0 Å². The van der Waals surface area contributed by atoms with Crippen LogP contribution in [0.2, 0.25) is 0 Å². The number of pyridine rings is 1. The molecule has 156 valence electrons. The number of nitrogens with two attached hydrogens (primary N) is 1. The molecule has 0 aliphatic carbocycles. The molecule has 3 N–H and O–H groups in total. The maximum absolute atomic E-state index is 12.2. The van der Waals surface area contributed by atoms with Crippen molar-refractivity contribution in [2.75, 3.05) is 26.9 Å². The summed E-state index contributed by atoms with van der Waals surface area (Å²) in [6.07, 6.45) is 7.80. The minimum atomic E-state index is -0.548. The SMILES string of the molecule is CN=C/C(=C\N)NCc1cc(-c2ccc(OCCF)nc2)nn1C1CCCCO1. The van der Waals surface area contributed by atoms with E-state index in [9.17, 15) is 4.39 Å². The number of nitrogens with zero attached hydrogens (tertiary/aromatic N) is 4. The van der Waals surface area contributed by atoms with Crippen molar-refractivity contribution in [2.45, 2.75) is 32.0 Å². The molecule has 29 heavy (non-hydrogen) atoms. The van der Waals surface area contributed by atoms with Crippen LogP contribution < -0.4 is 15.8 Å². The quantitative estimate of drug-likeness (QED) is 0.626. The molecule has 3 heterocycles. The Morgan fingerprint density at radius 2 is 2.38 bits per heavy atom. The van der Waals surface area contributed by atoms with E-state index in [1.165, 1.54) is 6.20 Å². The third-order valence-electron chi connectivity index (χ3n) is 4.52. The molecule has 8 nitrogen and oxygen atoms in total. The molecule has 1 unspecified atom stereocenters. The molecule has 0 saturated carbocycles. The van der Waals surface area contributed by atoms with Crippen LogP contribution in [0.15, 0.2) is 41.3 Å². The molecule has 1 fully saturated rings. The first kappa shape index (κ1) is 20.8. The van der Waals surface area contributed by atoms with Crippen molar-refractivity contribution in [1.82, 2.24) is 20.1 Å². The van der Waals surface area contributed by atoms with Crippen LogP contribution in [0.5, 0.6) is 5.88 Å². The fourth-order valence-electron chi connectivity index (χ4n) is 3.11. The van der Waals surface area contributed by atoms with Crippen molar-refractivity contribution >= 4 is 6.21 Å². The zero-order valence-corrected chi connectivity index (χ0v) is 16.6. The number of rotatable bonds is 9. The molecule has 0 amide bonds. The van der Waals surface area contributed by atoms with Crippen LogP contribution >= 0.6 is 0 Å². The molecule has 2 aromatic rings. The van der Waals surface area contributed by atoms with Gasteiger partial charge in [0.2, 0.25) is 5.88 Å². The highest BCUT2D eigenvalue weighted by atomic mass is 19.1. The van der Waals surface area contributed by atoms with Gasteiger partial charge in [0.1, 0.15) is 13.3 Å². The fourth-order valence-corrected chi connectivity index (χ4v) is 3.11. The predicted molar refractivity (Wildman–Crippen MR) is 109 cm³/mol. The highest BCUT2D eigenvalue weighted by Crippen LogP contribution is 2.27. The topological polar surface area (TPSA) is 99.6 Å². The second kappa shape index (κ2) is 10.6. The molecule has 1 aliphatic rings. The van der Waals surface area contributed by atoms with Gasteiger partial charge in [-0.25, -0.2) is 14.1 Å². The van der Waals surface area contributed by atoms with Gasteiger partial charge in [0.15, 0.2) is 6.23 Å². The summed E-state index contributed by atoms with van der Waals surface area (Å²) in [6, 6.07) is 5.58. The second-order valence-corrected chi connectivity index (χ2v) is 6.57. The minimum absolute atomic E-state index is 0.00608. The standard InChI is InChI=1S/C20H27FN6O2/c1-23-13-16(11-22)24-14-17-10-18(26-27(17)20-4-2-3-8-29-20)15-5-6-19(25-12-15)28-9-7-21/h5-6,10-13,20,24H,2-4,7-9,14,22H2,1H3/b16-11+,23-13?. The van der Waals surface area contributed by atoms with Gasteiger partial charge >= 0.3 is 0 Å². The number of aromatic nitrogens is 3. The zero-order valence-electron chi connectivity index (χ0n) is 16.6. The van der Waals surface area contributed by atoms with Gasteiger partial charge in [-0.15, -0.1) is 0 Å². The van der Waals surface area contributed by atoms with Crippen molar-refractivity contribution in [2.24, 2.45) is 10.7 Å². The number of allylic oxidation sites excluding steroid dienone is 1. The first-order chi connectivity index (χ1) is 14.2. The van der Waals surface area contributed by atoms with Crippen LogP contribution in [-0.2, 0) is 11.3 Å². The molecular weight excluding hydrogens is 375 g/mol. The number of aliphatic imine (C=N–C) groups is 1. The Labute approximate surface area is 169 Å². The number of hydrogen-bond acceptors (Lipinski definition) is 7. The summed E-state index contributed by atoms with van der Waals surface area (Å²) in [5, 5.41) is 8.03. The molecule has 1 saturated heterocycles. The van der Waals surface area contributed by atoms with Crippen molar-refractivity contribution < 1.29 is 13.9 Å². The molecule has 0 spiro atoms. The van der Waals surface area contributed by atoms with Gasteiger partial charge in [-0.3, -0.25) is 4.99 Å². The van der Waals surface area contributed by atoms with Crippen molar-refractivity contribution in [3.8, 4) is 17.1 Å². The Hall–Kier alpha value is -2.94. The van der Waals surface area contributed by atoms with Crippen LogP contribution in [0.3, 0.4) is 0 Å². The van der Waals surface area contributed by atoms with Crippen LogP contribution in [0, 0.1) is 0 Å². The summed E-state index contributed by atoms with van der Waals surface area (Å²) in [5.74, 6) is 0.389. The highest BCUT2D eigenvalue weighted by molar-refractivity contribution is 5.77. The van der Waals surface area contributed by atoms with Gasteiger partial charge in [0.05, 0.1) is 23.6 Å². The summed E-state index contributed by atoms with van der Waals surface area (Å²) in [5.41, 5.74) is 8.96. The number of alkyl halides is 1. The van der Waals surface area contributed by atoms with Crippen LogP contribution in [-0.4, -0.2) is 47.9 Å². The first-order valence-corrected chi connectivity index (χ1v) is 9.68. The van der Waals surface area contributed by atoms with E-state index < -0.39 is 6.67 Å². The Morgan fingerprint density at radius 1 is 1.48 bits per heavy atom. The average molecular weight is 402 g/mol. The summed E-state index contributed by atoms with van der Waals surface area (Å²) in [7, 11) is 1.69. The third-order valence-corrected chi connectivity index (χ3v) is 4.52.